The average molecular weight is 363 g/mol. The van der Waals surface area contributed by atoms with Crippen molar-refractivity contribution >= 4 is 11.8 Å². The van der Waals surface area contributed by atoms with Gasteiger partial charge < -0.3 is 20.9 Å². The Morgan fingerprint density at radius 3 is 2.00 bits per heavy atom. The third kappa shape index (κ3) is 8.45. The molecule has 1 aromatic rings. The zero-order valence-corrected chi connectivity index (χ0v) is 16.4. The van der Waals surface area contributed by atoms with Gasteiger partial charge in [-0.2, -0.15) is 0 Å². The van der Waals surface area contributed by atoms with Crippen molar-refractivity contribution in [2.24, 2.45) is 0 Å². The van der Waals surface area contributed by atoms with Gasteiger partial charge in [0, 0.05) is 24.2 Å². The highest BCUT2D eigenvalue weighted by atomic mass is 16.2. The summed E-state index contributed by atoms with van der Waals surface area (Å²) in [6.07, 6.45) is 1.80. The number of hydrogen-bond donors (Lipinski definition) is 3. The van der Waals surface area contributed by atoms with Gasteiger partial charge in [-0.25, -0.2) is 0 Å². The van der Waals surface area contributed by atoms with Gasteiger partial charge in [0.25, 0.3) is 11.8 Å². The van der Waals surface area contributed by atoms with E-state index < -0.39 is 0 Å². The van der Waals surface area contributed by atoms with Crippen molar-refractivity contribution in [2.45, 2.75) is 33.6 Å². The number of carbonyl (C=O) groups is 2. The van der Waals surface area contributed by atoms with Crippen LogP contribution in [-0.4, -0.2) is 62.5 Å². The molecule has 0 spiro atoms. The average Bonchev–Trinajstić information content (AvgIpc) is 2.67. The molecule has 0 heterocycles. The SMILES string of the molecule is CCNCCCNC(=O)c1cccc(C(=O)NCCCN(CC)CC)c1. The van der Waals surface area contributed by atoms with Gasteiger partial charge in [0.2, 0.25) is 0 Å². The molecule has 0 radical (unpaired) electrons. The van der Waals surface area contributed by atoms with E-state index in [0.29, 0.717) is 24.2 Å². The quantitative estimate of drug-likeness (QED) is 0.469. The number of nitrogens with one attached hydrogen (secondary N) is 3. The molecule has 0 fully saturated rings. The van der Waals surface area contributed by atoms with Gasteiger partial charge >= 0.3 is 0 Å². The Labute approximate surface area is 157 Å². The largest absolute Gasteiger partial charge is 0.352 e. The first-order valence-corrected chi connectivity index (χ1v) is 9.71. The fraction of sp³-hybridized carbons (Fsp3) is 0.600. The number of carbonyl (C=O) groups excluding carboxylic acids is 2. The number of hydrogen-bond acceptors (Lipinski definition) is 4. The minimum absolute atomic E-state index is 0.133. The third-order valence-electron chi connectivity index (χ3n) is 4.28. The van der Waals surface area contributed by atoms with Crippen LogP contribution in [0.2, 0.25) is 0 Å². The van der Waals surface area contributed by atoms with Crippen LogP contribution in [0.4, 0.5) is 0 Å². The van der Waals surface area contributed by atoms with E-state index in [4.69, 9.17) is 0 Å². The minimum atomic E-state index is -0.141. The van der Waals surface area contributed by atoms with Gasteiger partial charge in [-0.05, 0) is 63.8 Å². The second-order valence-corrected chi connectivity index (χ2v) is 6.18. The molecule has 26 heavy (non-hydrogen) atoms. The van der Waals surface area contributed by atoms with Gasteiger partial charge in [0.1, 0.15) is 0 Å². The molecule has 1 aromatic carbocycles. The van der Waals surface area contributed by atoms with E-state index in [-0.39, 0.29) is 11.8 Å². The minimum Gasteiger partial charge on any atom is -0.352 e. The van der Waals surface area contributed by atoms with Gasteiger partial charge in [-0.1, -0.05) is 26.8 Å². The van der Waals surface area contributed by atoms with Crippen molar-refractivity contribution in [3.63, 3.8) is 0 Å². The molecule has 146 valence electrons. The molecule has 1 rings (SSSR count). The Morgan fingerprint density at radius 2 is 1.46 bits per heavy atom. The van der Waals surface area contributed by atoms with E-state index in [1.165, 1.54) is 0 Å². The number of amides is 2. The molecular weight excluding hydrogens is 328 g/mol. The standard InChI is InChI=1S/C20H34N4O2/c1-4-21-12-8-13-22-19(25)17-10-7-11-18(16-17)20(26)23-14-9-15-24(5-2)6-3/h7,10-11,16,21H,4-6,8-9,12-15H2,1-3H3,(H,22,25)(H,23,26). The predicted molar refractivity (Wildman–Crippen MR) is 107 cm³/mol. The van der Waals surface area contributed by atoms with Crippen LogP contribution in [0.1, 0.15) is 54.3 Å². The fourth-order valence-electron chi connectivity index (χ4n) is 2.64. The van der Waals surface area contributed by atoms with E-state index in [9.17, 15) is 9.59 Å². The van der Waals surface area contributed by atoms with Crippen LogP contribution in [0.25, 0.3) is 0 Å². The number of rotatable bonds is 13. The van der Waals surface area contributed by atoms with Crippen molar-refractivity contribution in [3.8, 4) is 0 Å². The highest BCUT2D eigenvalue weighted by Crippen LogP contribution is 2.05. The summed E-state index contributed by atoms with van der Waals surface area (Å²) in [7, 11) is 0. The maximum atomic E-state index is 12.3. The first-order valence-electron chi connectivity index (χ1n) is 9.71. The molecule has 0 atom stereocenters. The molecule has 6 heteroatoms. The summed E-state index contributed by atoms with van der Waals surface area (Å²) in [4.78, 5) is 26.8. The summed E-state index contributed by atoms with van der Waals surface area (Å²) in [5, 5.41) is 9.03. The molecule has 2 amide bonds. The lowest BCUT2D eigenvalue weighted by atomic mass is 10.1. The molecule has 0 aliphatic carbocycles. The van der Waals surface area contributed by atoms with Crippen LogP contribution in [-0.2, 0) is 0 Å². The van der Waals surface area contributed by atoms with Crippen molar-refractivity contribution in [1.29, 1.82) is 0 Å². The molecule has 0 aliphatic rings. The lowest BCUT2D eigenvalue weighted by Gasteiger charge is -2.17. The molecular formula is C20H34N4O2. The van der Waals surface area contributed by atoms with Crippen molar-refractivity contribution in [2.75, 3.05) is 45.8 Å². The molecule has 6 nitrogen and oxygen atoms in total. The molecule has 0 aromatic heterocycles. The predicted octanol–water partition coefficient (Wildman–Crippen LogP) is 1.88. The zero-order valence-electron chi connectivity index (χ0n) is 16.4. The van der Waals surface area contributed by atoms with Crippen molar-refractivity contribution < 1.29 is 9.59 Å². The van der Waals surface area contributed by atoms with Crippen LogP contribution in [0.5, 0.6) is 0 Å². The van der Waals surface area contributed by atoms with Gasteiger partial charge in [-0.3, -0.25) is 9.59 Å². The Bertz CT molecular complexity index is 544. The van der Waals surface area contributed by atoms with E-state index in [1.807, 2.05) is 0 Å². The third-order valence-corrected chi connectivity index (χ3v) is 4.28. The molecule has 0 unspecified atom stereocenters. The van der Waals surface area contributed by atoms with Crippen LogP contribution >= 0.6 is 0 Å². The van der Waals surface area contributed by atoms with Crippen LogP contribution in [0.3, 0.4) is 0 Å². The summed E-state index contributed by atoms with van der Waals surface area (Å²) in [6, 6.07) is 6.87. The van der Waals surface area contributed by atoms with Crippen LogP contribution < -0.4 is 16.0 Å². The molecule has 3 N–H and O–H groups in total. The molecule has 0 aliphatic heterocycles. The van der Waals surface area contributed by atoms with Gasteiger partial charge in [0.15, 0.2) is 0 Å². The van der Waals surface area contributed by atoms with Gasteiger partial charge in [0.05, 0.1) is 0 Å². The lowest BCUT2D eigenvalue weighted by Crippen LogP contribution is -2.30. The smallest absolute Gasteiger partial charge is 0.251 e. The summed E-state index contributed by atoms with van der Waals surface area (Å²) in [5.41, 5.74) is 1.04. The fourth-order valence-corrected chi connectivity index (χ4v) is 2.64. The van der Waals surface area contributed by atoms with Gasteiger partial charge in [-0.15, -0.1) is 0 Å². The Hall–Kier alpha value is -1.92. The number of nitrogens with zero attached hydrogens (tertiary/aromatic N) is 1. The highest BCUT2D eigenvalue weighted by Gasteiger charge is 2.10. The second-order valence-electron chi connectivity index (χ2n) is 6.18. The second kappa shape index (κ2) is 13.3. The van der Waals surface area contributed by atoms with Crippen LogP contribution in [0, 0.1) is 0 Å². The summed E-state index contributed by atoms with van der Waals surface area (Å²) in [5.74, 6) is -0.274. The highest BCUT2D eigenvalue weighted by molar-refractivity contribution is 5.99. The summed E-state index contributed by atoms with van der Waals surface area (Å²) in [6.45, 7) is 12.4. The van der Waals surface area contributed by atoms with Crippen molar-refractivity contribution in [1.82, 2.24) is 20.9 Å². The topological polar surface area (TPSA) is 73.5 Å². The first-order chi connectivity index (χ1) is 12.6. The van der Waals surface area contributed by atoms with E-state index in [2.05, 4.69) is 41.6 Å². The Morgan fingerprint density at radius 1 is 0.885 bits per heavy atom. The monoisotopic (exact) mass is 362 g/mol. The Kier molecular flexibility index (Phi) is 11.3. The van der Waals surface area contributed by atoms with Crippen molar-refractivity contribution in [3.05, 3.63) is 35.4 Å². The van der Waals surface area contributed by atoms with Crippen LogP contribution in [0.15, 0.2) is 24.3 Å². The first kappa shape index (κ1) is 22.1. The zero-order chi connectivity index (χ0) is 19.2. The maximum absolute atomic E-state index is 12.3. The molecule has 0 saturated carbocycles. The van der Waals surface area contributed by atoms with E-state index >= 15 is 0 Å². The lowest BCUT2D eigenvalue weighted by molar-refractivity contribution is 0.0951. The molecule has 0 bridgehead atoms. The summed E-state index contributed by atoms with van der Waals surface area (Å²) < 4.78 is 0. The maximum Gasteiger partial charge on any atom is 0.251 e. The normalized spacial score (nSPS) is 10.8. The Balaban J connectivity index is 2.42. The van der Waals surface area contributed by atoms with E-state index in [1.54, 1.807) is 24.3 Å². The number of benzene rings is 1. The molecule has 0 saturated heterocycles. The summed E-state index contributed by atoms with van der Waals surface area (Å²) >= 11 is 0. The van der Waals surface area contributed by atoms with E-state index in [0.717, 1.165) is 45.6 Å².